The van der Waals surface area contributed by atoms with Gasteiger partial charge < -0.3 is 15.2 Å². The summed E-state index contributed by atoms with van der Waals surface area (Å²) in [7, 11) is 1.80. The highest BCUT2D eigenvalue weighted by atomic mass is 127. The molecule has 0 amide bonds. The van der Waals surface area contributed by atoms with E-state index in [1.54, 1.807) is 13.4 Å². The van der Waals surface area contributed by atoms with E-state index >= 15 is 0 Å². The molecule has 0 saturated carbocycles. The number of guanidine groups is 1. The number of hydrogen-bond donors (Lipinski definition) is 2. The average molecular weight is 424 g/mol. The second kappa shape index (κ2) is 8.82. The molecule has 1 aliphatic rings. The molecular weight excluding hydrogens is 399 g/mol. The Morgan fingerprint density at radius 2 is 2.33 bits per heavy atom. The average Bonchev–Trinajstić information content (AvgIpc) is 3.08. The summed E-state index contributed by atoms with van der Waals surface area (Å²) in [6, 6.07) is 0. The summed E-state index contributed by atoms with van der Waals surface area (Å²) in [4.78, 5) is 4.26. The van der Waals surface area contributed by atoms with Crippen LogP contribution in [0.3, 0.4) is 0 Å². The quantitative estimate of drug-likeness (QED) is 0.429. The van der Waals surface area contributed by atoms with Crippen LogP contribution in [-0.2, 0) is 13.1 Å². The molecule has 1 aromatic rings. The van der Waals surface area contributed by atoms with Gasteiger partial charge in [-0.2, -0.15) is 11.8 Å². The van der Waals surface area contributed by atoms with Crippen molar-refractivity contribution in [1.82, 2.24) is 25.4 Å². The van der Waals surface area contributed by atoms with E-state index < -0.39 is 0 Å². The van der Waals surface area contributed by atoms with Crippen molar-refractivity contribution in [3.63, 3.8) is 0 Å². The Hall–Kier alpha value is -0.510. The highest BCUT2D eigenvalue weighted by molar-refractivity contribution is 14.0. The molecule has 1 aromatic heterocycles. The first kappa shape index (κ1) is 18.5. The van der Waals surface area contributed by atoms with Gasteiger partial charge in [0, 0.05) is 24.9 Å². The summed E-state index contributed by atoms with van der Waals surface area (Å²) in [6.45, 7) is 6.86. The van der Waals surface area contributed by atoms with Gasteiger partial charge in [0.05, 0.1) is 6.54 Å². The van der Waals surface area contributed by atoms with Crippen LogP contribution in [0.1, 0.15) is 32.5 Å². The molecule has 0 aromatic carbocycles. The van der Waals surface area contributed by atoms with E-state index in [0.29, 0.717) is 11.3 Å². The van der Waals surface area contributed by atoms with Gasteiger partial charge in [-0.15, -0.1) is 34.2 Å². The van der Waals surface area contributed by atoms with Crippen molar-refractivity contribution in [3.05, 3.63) is 12.2 Å². The molecule has 2 rings (SSSR count). The number of aryl methyl sites for hydroxylation is 1. The van der Waals surface area contributed by atoms with E-state index in [0.717, 1.165) is 24.9 Å². The minimum Gasteiger partial charge on any atom is -0.355 e. The van der Waals surface area contributed by atoms with Gasteiger partial charge in [0.2, 0.25) is 0 Å². The van der Waals surface area contributed by atoms with Gasteiger partial charge in [-0.1, -0.05) is 0 Å². The van der Waals surface area contributed by atoms with Gasteiger partial charge in [-0.05, 0) is 32.4 Å². The van der Waals surface area contributed by atoms with Crippen molar-refractivity contribution in [3.8, 4) is 0 Å². The lowest BCUT2D eigenvalue weighted by Crippen LogP contribution is -2.43. The molecule has 0 bridgehead atoms. The van der Waals surface area contributed by atoms with Gasteiger partial charge in [0.25, 0.3) is 0 Å². The Labute approximate surface area is 148 Å². The highest BCUT2D eigenvalue weighted by Gasteiger charge is 2.29. The number of rotatable bonds is 5. The lowest BCUT2D eigenvalue weighted by atomic mass is 10.1. The fourth-order valence-corrected chi connectivity index (χ4v) is 3.55. The van der Waals surface area contributed by atoms with Crippen molar-refractivity contribution in [2.45, 2.75) is 44.5 Å². The SMILES string of the molecule is CCn1cnnc1CNC(=NC)NCC1(C)CCCS1.I. The number of aliphatic imine (C=N–C) groups is 1. The molecule has 8 heteroatoms. The van der Waals surface area contributed by atoms with E-state index in [4.69, 9.17) is 0 Å². The Balaban J connectivity index is 0.00000220. The monoisotopic (exact) mass is 424 g/mol. The summed E-state index contributed by atoms with van der Waals surface area (Å²) >= 11 is 2.05. The van der Waals surface area contributed by atoms with Crippen molar-refractivity contribution >= 4 is 41.7 Å². The topological polar surface area (TPSA) is 67.1 Å². The number of nitrogens with zero attached hydrogens (tertiary/aromatic N) is 4. The number of aromatic nitrogens is 3. The van der Waals surface area contributed by atoms with Crippen LogP contribution in [0.15, 0.2) is 11.3 Å². The number of nitrogens with one attached hydrogen (secondary N) is 2. The number of hydrogen-bond acceptors (Lipinski definition) is 4. The van der Waals surface area contributed by atoms with Crippen molar-refractivity contribution in [2.75, 3.05) is 19.3 Å². The lowest BCUT2D eigenvalue weighted by Gasteiger charge is -2.24. The molecule has 120 valence electrons. The van der Waals surface area contributed by atoms with Crippen LogP contribution in [0.5, 0.6) is 0 Å². The molecule has 2 heterocycles. The van der Waals surface area contributed by atoms with E-state index in [1.807, 2.05) is 16.3 Å². The molecule has 1 unspecified atom stereocenters. The lowest BCUT2D eigenvalue weighted by molar-refractivity contribution is 0.582. The number of thioether (sulfide) groups is 1. The molecule has 1 atom stereocenters. The van der Waals surface area contributed by atoms with Crippen molar-refractivity contribution < 1.29 is 0 Å². The van der Waals surface area contributed by atoms with Crippen LogP contribution in [0.25, 0.3) is 0 Å². The van der Waals surface area contributed by atoms with E-state index in [-0.39, 0.29) is 24.0 Å². The first-order valence-corrected chi connectivity index (χ1v) is 8.10. The zero-order valence-electron chi connectivity index (χ0n) is 12.9. The molecule has 0 radical (unpaired) electrons. The predicted molar refractivity (Wildman–Crippen MR) is 99.4 cm³/mol. The Morgan fingerprint density at radius 1 is 1.52 bits per heavy atom. The maximum atomic E-state index is 4.26. The Morgan fingerprint density at radius 3 is 2.95 bits per heavy atom. The van der Waals surface area contributed by atoms with Gasteiger partial charge in [0.15, 0.2) is 11.8 Å². The summed E-state index contributed by atoms with van der Waals surface area (Å²) in [5.74, 6) is 3.02. The minimum absolute atomic E-state index is 0. The number of halogens is 1. The molecule has 1 fully saturated rings. The summed E-state index contributed by atoms with van der Waals surface area (Å²) in [5.41, 5.74) is 0. The molecule has 1 saturated heterocycles. The van der Waals surface area contributed by atoms with E-state index in [9.17, 15) is 0 Å². The van der Waals surface area contributed by atoms with E-state index in [1.165, 1.54) is 18.6 Å². The van der Waals surface area contributed by atoms with Crippen molar-refractivity contribution in [2.24, 2.45) is 4.99 Å². The fraction of sp³-hybridized carbons (Fsp3) is 0.769. The smallest absolute Gasteiger partial charge is 0.191 e. The first-order valence-electron chi connectivity index (χ1n) is 7.12. The largest absolute Gasteiger partial charge is 0.355 e. The zero-order valence-corrected chi connectivity index (χ0v) is 16.1. The second-order valence-corrected chi connectivity index (χ2v) is 6.90. The Kier molecular flexibility index (Phi) is 7.78. The van der Waals surface area contributed by atoms with Gasteiger partial charge in [0.1, 0.15) is 6.33 Å². The highest BCUT2D eigenvalue weighted by Crippen LogP contribution is 2.36. The van der Waals surface area contributed by atoms with Gasteiger partial charge in [-0.25, -0.2) is 0 Å². The van der Waals surface area contributed by atoms with Crippen LogP contribution in [0, 0.1) is 0 Å². The summed E-state index contributed by atoms with van der Waals surface area (Å²) in [6.07, 6.45) is 4.34. The molecule has 2 N–H and O–H groups in total. The maximum Gasteiger partial charge on any atom is 0.191 e. The summed E-state index contributed by atoms with van der Waals surface area (Å²) < 4.78 is 2.36. The minimum atomic E-state index is 0. The molecule has 1 aliphatic heterocycles. The van der Waals surface area contributed by atoms with Crippen LogP contribution in [0.4, 0.5) is 0 Å². The zero-order chi connectivity index (χ0) is 14.4. The van der Waals surface area contributed by atoms with E-state index in [2.05, 4.69) is 39.7 Å². The molecular formula is C13H25IN6S. The molecule has 6 nitrogen and oxygen atoms in total. The standard InChI is InChI=1S/C13H24N6S.HI/c1-4-19-10-17-18-11(19)8-15-12(14-3)16-9-13(2)6-5-7-20-13;/h10H,4-9H2,1-3H3,(H2,14,15,16);1H. The second-order valence-electron chi connectivity index (χ2n) is 5.21. The predicted octanol–water partition coefficient (Wildman–Crippen LogP) is 1.87. The van der Waals surface area contributed by atoms with Gasteiger partial charge >= 0.3 is 0 Å². The summed E-state index contributed by atoms with van der Waals surface area (Å²) in [5, 5.41) is 14.7. The normalized spacial score (nSPS) is 22.0. The molecule has 0 spiro atoms. The molecule has 21 heavy (non-hydrogen) atoms. The van der Waals surface area contributed by atoms with Crippen LogP contribution in [-0.4, -0.2) is 44.8 Å². The molecule has 0 aliphatic carbocycles. The van der Waals surface area contributed by atoms with Crippen LogP contribution >= 0.6 is 35.7 Å². The van der Waals surface area contributed by atoms with Crippen LogP contribution < -0.4 is 10.6 Å². The third-order valence-corrected chi connectivity index (χ3v) is 5.14. The van der Waals surface area contributed by atoms with Gasteiger partial charge in [-0.3, -0.25) is 4.99 Å². The third kappa shape index (κ3) is 5.32. The first-order chi connectivity index (χ1) is 9.67. The van der Waals surface area contributed by atoms with Crippen LogP contribution in [0.2, 0.25) is 0 Å². The Bertz CT molecular complexity index is 455. The fourth-order valence-electron chi connectivity index (χ4n) is 2.31. The third-order valence-electron chi connectivity index (χ3n) is 3.60. The maximum absolute atomic E-state index is 4.26. The van der Waals surface area contributed by atoms with Crippen molar-refractivity contribution in [1.29, 1.82) is 0 Å².